The number of nitrogens with one attached hydrogen (secondary N) is 1. The Bertz CT molecular complexity index is 1790. The second-order valence-electron chi connectivity index (χ2n) is 9.24. The number of nitrogens with zero attached hydrogens (tertiary/aromatic N) is 4. The summed E-state index contributed by atoms with van der Waals surface area (Å²) in [7, 11) is 0. The third kappa shape index (κ3) is 4.72. The number of aromatic nitrogens is 4. The van der Waals surface area contributed by atoms with Crippen molar-refractivity contribution in [1.82, 2.24) is 19.6 Å². The maximum absolute atomic E-state index is 14.4. The zero-order chi connectivity index (χ0) is 27.5. The lowest BCUT2D eigenvalue weighted by Crippen LogP contribution is -2.17. The minimum atomic E-state index is -0.468. The van der Waals surface area contributed by atoms with Crippen LogP contribution >= 0.6 is 0 Å². The summed E-state index contributed by atoms with van der Waals surface area (Å²) in [6, 6.07) is 37.7. The third-order valence-corrected chi connectivity index (χ3v) is 6.62. The number of amides is 1. The number of ketones is 1. The summed E-state index contributed by atoms with van der Waals surface area (Å²) in [6.45, 7) is 1.80. The van der Waals surface area contributed by atoms with Gasteiger partial charge >= 0.3 is 0 Å². The summed E-state index contributed by atoms with van der Waals surface area (Å²) in [4.78, 5) is 28.0. The van der Waals surface area contributed by atoms with E-state index in [0.29, 0.717) is 22.6 Å². The standard InChI is InChI=1S/C33H25N5O2/c1-23-29(31(33(40)34-25-16-8-3-9-17-25)36-38(23)27-20-12-5-13-21-27)32(39)28-22-37(26-18-10-4-11-19-26)35-30(28)24-14-6-2-7-15-24/h2-22H,1H3,(H,34,40). The minimum Gasteiger partial charge on any atom is -0.321 e. The van der Waals surface area contributed by atoms with Gasteiger partial charge in [-0.1, -0.05) is 84.9 Å². The number of benzene rings is 4. The zero-order valence-corrected chi connectivity index (χ0v) is 21.7. The van der Waals surface area contributed by atoms with E-state index in [1.165, 1.54) is 0 Å². The lowest BCUT2D eigenvalue weighted by Gasteiger charge is -2.06. The maximum atomic E-state index is 14.4. The molecule has 0 fully saturated rings. The Morgan fingerprint density at radius 3 is 1.85 bits per heavy atom. The predicted molar refractivity (Wildman–Crippen MR) is 155 cm³/mol. The summed E-state index contributed by atoms with van der Waals surface area (Å²) in [5.41, 5.74) is 4.69. The molecule has 7 nitrogen and oxygen atoms in total. The first-order valence-electron chi connectivity index (χ1n) is 12.9. The first-order valence-corrected chi connectivity index (χ1v) is 12.9. The quantitative estimate of drug-likeness (QED) is 0.242. The molecule has 0 aliphatic heterocycles. The second kappa shape index (κ2) is 10.7. The highest BCUT2D eigenvalue weighted by Crippen LogP contribution is 2.29. The number of hydrogen-bond acceptors (Lipinski definition) is 4. The van der Waals surface area contributed by atoms with E-state index < -0.39 is 5.91 Å². The number of anilines is 1. The van der Waals surface area contributed by atoms with Gasteiger partial charge in [0, 0.05) is 17.4 Å². The normalized spacial score (nSPS) is 10.8. The van der Waals surface area contributed by atoms with Crippen LogP contribution in [-0.2, 0) is 0 Å². The van der Waals surface area contributed by atoms with E-state index in [-0.39, 0.29) is 17.0 Å². The van der Waals surface area contributed by atoms with Gasteiger partial charge in [-0.3, -0.25) is 9.59 Å². The Labute approximate surface area is 231 Å². The van der Waals surface area contributed by atoms with Gasteiger partial charge in [0.15, 0.2) is 5.69 Å². The molecule has 2 aromatic heterocycles. The molecule has 194 valence electrons. The zero-order valence-electron chi connectivity index (χ0n) is 21.7. The molecule has 0 saturated heterocycles. The molecular weight excluding hydrogens is 498 g/mol. The van der Waals surface area contributed by atoms with E-state index in [1.807, 2.05) is 109 Å². The Balaban J connectivity index is 1.52. The molecule has 0 radical (unpaired) electrons. The Kier molecular flexibility index (Phi) is 6.60. The minimum absolute atomic E-state index is 0.0432. The molecule has 40 heavy (non-hydrogen) atoms. The van der Waals surface area contributed by atoms with Crippen molar-refractivity contribution in [2.45, 2.75) is 6.92 Å². The van der Waals surface area contributed by atoms with Crippen LogP contribution in [0.5, 0.6) is 0 Å². The SMILES string of the molecule is Cc1c(C(=O)c2cn(-c3ccccc3)nc2-c2ccccc2)c(C(=O)Nc2ccccc2)nn1-c1ccccc1. The van der Waals surface area contributed by atoms with Gasteiger partial charge in [0.25, 0.3) is 5.91 Å². The molecule has 4 aromatic carbocycles. The van der Waals surface area contributed by atoms with E-state index in [9.17, 15) is 9.59 Å². The first-order chi connectivity index (χ1) is 19.6. The van der Waals surface area contributed by atoms with Crippen LogP contribution in [0, 0.1) is 6.92 Å². The van der Waals surface area contributed by atoms with Crippen molar-refractivity contribution >= 4 is 17.4 Å². The van der Waals surface area contributed by atoms with Crippen LogP contribution in [0.3, 0.4) is 0 Å². The number of carbonyl (C=O) groups excluding carboxylic acids is 2. The highest BCUT2D eigenvalue weighted by Gasteiger charge is 2.30. The monoisotopic (exact) mass is 523 g/mol. The van der Waals surface area contributed by atoms with Gasteiger partial charge in [0.2, 0.25) is 5.78 Å². The second-order valence-corrected chi connectivity index (χ2v) is 9.24. The molecule has 0 bridgehead atoms. The topological polar surface area (TPSA) is 81.8 Å². The lowest BCUT2D eigenvalue weighted by atomic mass is 9.98. The highest BCUT2D eigenvalue weighted by atomic mass is 16.2. The number of rotatable bonds is 7. The van der Waals surface area contributed by atoms with E-state index in [1.54, 1.807) is 34.6 Å². The number of hydrogen-bond donors (Lipinski definition) is 1. The molecule has 6 rings (SSSR count). The summed E-state index contributed by atoms with van der Waals surface area (Å²) >= 11 is 0. The van der Waals surface area contributed by atoms with Crippen molar-refractivity contribution in [2.75, 3.05) is 5.32 Å². The fraction of sp³-hybridized carbons (Fsp3) is 0.0303. The van der Waals surface area contributed by atoms with Gasteiger partial charge in [0.1, 0.15) is 5.69 Å². The van der Waals surface area contributed by atoms with Crippen molar-refractivity contribution in [3.8, 4) is 22.6 Å². The van der Waals surface area contributed by atoms with Crippen LogP contribution in [0.1, 0.15) is 32.1 Å². The fourth-order valence-corrected chi connectivity index (χ4v) is 4.66. The summed E-state index contributed by atoms with van der Waals surface area (Å²) in [6.07, 6.45) is 1.72. The molecule has 2 heterocycles. The molecule has 0 unspecified atom stereocenters. The molecular formula is C33H25N5O2. The van der Waals surface area contributed by atoms with Gasteiger partial charge in [-0.2, -0.15) is 10.2 Å². The fourth-order valence-electron chi connectivity index (χ4n) is 4.66. The van der Waals surface area contributed by atoms with Crippen LogP contribution in [0.25, 0.3) is 22.6 Å². The number of carbonyl (C=O) groups is 2. The van der Waals surface area contributed by atoms with E-state index in [2.05, 4.69) is 10.4 Å². The van der Waals surface area contributed by atoms with Crippen molar-refractivity contribution < 1.29 is 9.59 Å². The average Bonchev–Trinajstić information content (AvgIpc) is 3.61. The molecule has 0 aliphatic carbocycles. The molecule has 1 amide bonds. The van der Waals surface area contributed by atoms with Crippen molar-refractivity contribution in [2.24, 2.45) is 0 Å². The average molecular weight is 524 g/mol. The van der Waals surface area contributed by atoms with Gasteiger partial charge in [-0.25, -0.2) is 9.36 Å². The Hall–Kier alpha value is -5.56. The highest BCUT2D eigenvalue weighted by molar-refractivity contribution is 6.19. The lowest BCUT2D eigenvalue weighted by molar-refractivity contribution is 0.0993. The molecule has 0 aliphatic rings. The molecule has 0 saturated carbocycles. The summed E-state index contributed by atoms with van der Waals surface area (Å²) < 4.78 is 3.33. The molecule has 7 heteroatoms. The third-order valence-electron chi connectivity index (χ3n) is 6.62. The maximum Gasteiger partial charge on any atom is 0.276 e. The largest absolute Gasteiger partial charge is 0.321 e. The molecule has 0 atom stereocenters. The molecule has 6 aromatic rings. The van der Waals surface area contributed by atoms with Gasteiger partial charge < -0.3 is 5.32 Å². The van der Waals surface area contributed by atoms with Crippen molar-refractivity contribution in [3.63, 3.8) is 0 Å². The summed E-state index contributed by atoms with van der Waals surface area (Å²) in [5, 5.41) is 12.3. The van der Waals surface area contributed by atoms with Crippen LogP contribution in [0.2, 0.25) is 0 Å². The van der Waals surface area contributed by atoms with E-state index in [0.717, 1.165) is 16.9 Å². The van der Waals surface area contributed by atoms with Gasteiger partial charge in [0.05, 0.1) is 28.2 Å². The Morgan fingerprint density at radius 2 is 1.23 bits per heavy atom. The molecule has 1 N–H and O–H groups in total. The van der Waals surface area contributed by atoms with Crippen LogP contribution < -0.4 is 5.32 Å². The smallest absolute Gasteiger partial charge is 0.276 e. The number of para-hydroxylation sites is 3. The first kappa shape index (κ1) is 24.8. The van der Waals surface area contributed by atoms with Crippen molar-refractivity contribution in [1.29, 1.82) is 0 Å². The van der Waals surface area contributed by atoms with Gasteiger partial charge in [-0.15, -0.1) is 0 Å². The van der Waals surface area contributed by atoms with Gasteiger partial charge in [-0.05, 0) is 43.3 Å². The summed E-state index contributed by atoms with van der Waals surface area (Å²) in [5.74, 6) is -0.803. The van der Waals surface area contributed by atoms with E-state index in [4.69, 9.17) is 5.10 Å². The predicted octanol–water partition coefficient (Wildman–Crippen LogP) is 6.52. The van der Waals surface area contributed by atoms with Crippen LogP contribution in [0.4, 0.5) is 5.69 Å². The van der Waals surface area contributed by atoms with Crippen LogP contribution in [-0.4, -0.2) is 31.3 Å². The van der Waals surface area contributed by atoms with Crippen LogP contribution in [0.15, 0.2) is 128 Å². The Morgan fingerprint density at radius 1 is 0.675 bits per heavy atom. The van der Waals surface area contributed by atoms with Crippen molar-refractivity contribution in [3.05, 3.63) is 150 Å². The van der Waals surface area contributed by atoms with E-state index >= 15 is 0 Å². The molecule has 0 spiro atoms.